The van der Waals surface area contributed by atoms with Gasteiger partial charge < -0.3 is 4.74 Å². The molecule has 0 aromatic carbocycles. The molecule has 3 nitrogen and oxygen atoms in total. The van der Waals surface area contributed by atoms with Crippen LogP contribution in [0.3, 0.4) is 0 Å². The van der Waals surface area contributed by atoms with Gasteiger partial charge in [-0.05, 0) is 12.3 Å². The zero-order valence-electron chi connectivity index (χ0n) is 5.39. The van der Waals surface area contributed by atoms with Crippen molar-refractivity contribution in [3.05, 3.63) is 0 Å². The molecule has 2 fully saturated rings. The van der Waals surface area contributed by atoms with Gasteiger partial charge in [0.15, 0.2) is 0 Å². The standard InChI is InChI=1S/C6H12N2O/c7-8-3-6-1-5(6)2-9-4-6/h5,8H,1-4,7H2. The predicted octanol–water partition coefficient (Wildman–Crippen LogP) is -0.514. The van der Waals surface area contributed by atoms with E-state index in [1.807, 2.05) is 0 Å². The predicted molar refractivity (Wildman–Crippen MR) is 33.5 cm³/mol. The topological polar surface area (TPSA) is 47.3 Å². The molecule has 52 valence electrons. The van der Waals surface area contributed by atoms with Gasteiger partial charge in [0.25, 0.3) is 0 Å². The summed E-state index contributed by atoms with van der Waals surface area (Å²) in [5.41, 5.74) is 3.16. The summed E-state index contributed by atoms with van der Waals surface area (Å²) in [4.78, 5) is 0. The summed E-state index contributed by atoms with van der Waals surface area (Å²) in [6, 6.07) is 0. The van der Waals surface area contributed by atoms with Crippen LogP contribution in [0.2, 0.25) is 0 Å². The molecular weight excluding hydrogens is 116 g/mol. The molecule has 1 saturated carbocycles. The fourth-order valence-corrected chi connectivity index (χ4v) is 1.72. The molecule has 3 N–H and O–H groups in total. The smallest absolute Gasteiger partial charge is 0.0538 e. The Bertz CT molecular complexity index is 128. The van der Waals surface area contributed by atoms with Gasteiger partial charge >= 0.3 is 0 Å². The van der Waals surface area contributed by atoms with Gasteiger partial charge in [0.2, 0.25) is 0 Å². The summed E-state index contributed by atoms with van der Waals surface area (Å²) < 4.78 is 5.27. The molecule has 3 heteroatoms. The summed E-state index contributed by atoms with van der Waals surface area (Å²) >= 11 is 0. The van der Waals surface area contributed by atoms with Gasteiger partial charge in [-0.1, -0.05) is 0 Å². The van der Waals surface area contributed by atoms with Crippen LogP contribution in [0.4, 0.5) is 0 Å². The number of rotatable bonds is 2. The van der Waals surface area contributed by atoms with Gasteiger partial charge in [-0.3, -0.25) is 11.3 Å². The average Bonchev–Trinajstić information content (AvgIpc) is 2.37. The molecule has 1 aliphatic carbocycles. The minimum atomic E-state index is 0.453. The maximum absolute atomic E-state index is 5.27. The van der Waals surface area contributed by atoms with E-state index in [0.29, 0.717) is 5.41 Å². The third kappa shape index (κ3) is 0.689. The van der Waals surface area contributed by atoms with Gasteiger partial charge in [-0.25, -0.2) is 0 Å². The second kappa shape index (κ2) is 1.68. The number of fused-ring (bicyclic) bond motifs is 1. The molecule has 1 heterocycles. The first-order chi connectivity index (χ1) is 4.37. The number of hydrogen-bond acceptors (Lipinski definition) is 3. The van der Waals surface area contributed by atoms with E-state index >= 15 is 0 Å². The van der Waals surface area contributed by atoms with Crippen LogP contribution in [0, 0.1) is 11.3 Å². The Morgan fingerprint density at radius 2 is 2.67 bits per heavy atom. The Morgan fingerprint density at radius 1 is 1.78 bits per heavy atom. The molecule has 1 aliphatic heterocycles. The molecule has 0 radical (unpaired) electrons. The molecule has 0 aromatic heterocycles. The first-order valence-electron chi connectivity index (χ1n) is 3.39. The number of nitrogens with one attached hydrogen (secondary N) is 1. The van der Waals surface area contributed by atoms with Crippen LogP contribution >= 0.6 is 0 Å². The summed E-state index contributed by atoms with van der Waals surface area (Å²) in [6.07, 6.45) is 1.32. The van der Waals surface area contributed by atoms with Crippen molar-refractivity contribution >= 4 is 0 Å². The maximum atomic E-state index is 5.27. The van der Waals surface area contributed by atoms with Crippen molar-refractivity contribution in [2.45, 2.75) is 6.42 Å². The quantitative estimate of drug-likeness (QED) is 0.389. The average molecular weight is 128 g/mol. The van der Waals surface area contributed by atoms with E-state index < -0.39 is 0 Å². The zero-order chi connectivity index (χ0) is 6.32. The largest absolute Gasteiger partial charge is 0.380 e. The minimum Gasteiger partial charge on any atom is -0.380 e. The van der Waals surface area contributed by atoms with E-state index in [1.165, 1.54) is 6.42 Å². The van der Waals surface area contributed by atoms with Crippen molar-refractivity contribution in [3.63, 3.8) is 0 Å². The summed E-state index contributed by atoms with van der Waals surface area (Å²) in [5, 5.41) is 0. The van der Waals surface area contributed by atoms with Gasteiger partial charge in [-0.2, -0.15) is 0 Å². The van der Waals surface area contributed by atoms with Crippen molar-refractivity contribution in [1.82, 2.24) is 5.43 Å². The van der Waals surface area contributed by atoms with Crippen LogP contribution in [0.1, 0.15) is 6.42 Å². The Hall–Kier alpha value is -0.120. The van der Waals surface area contributed by atoms with E-state index in [9.17, 15) is 0 Å². The lowest BCUT2D eigenvalue weighted by molar-refractivity contribution is 0.146. The molecule has 0 aromatic rings. The van der Waals surface area contributed by atoms with Crippen molar-refractivity contribution < 1.29 is 4.74 Å². The van der Waals surface area contributed by atoms with Gasteiger partial charge in [0.05, 0.1) is 13.2 Å². The fraction of sp³-hybridized carbons (Fsp3) is 1.00. The lowest BCUT2D eigenvalue weighted by atomic mass is 10.1. The molecule has 0 bridgehead atoms. The number of hydrazine groups is 1. The Morgan fingerprint density at radius 3 is 3.11 bits per heavy atom. The van der Waals surface area contributed by atoms with Crippen molar-refractivity contribution in [2.24, 2.45) is 17.2 Å². The SMILES string of the molecule is NNCC12COCC1C2. The first kappa shape index (κ1) is 5.65. The van der Waals surface area contributed by atoms with Crippen molar-refractivity contribution in [1.29, 1.82) is 0 Å². The van der Waals surface area contributed by atoms with E-state index in [2.05, 4.69) is 5.43 Å². The minimum absolute atomic E-state index is 0.453. The Balaban J connectivity index is 1.95. The third-order valence-electron chi connectivity index (χ3n) is 2.52. The van der Waals surface area contributed by atoms with Crippen molar-refractivity contribution in [2.75, 3.05) is 19.8 Å². The first-order valence-corrected chi connectivity index (χ1v) is 3.39. The molecule has 2 unspecified atom stereocenters. The highest BCUT2D eigenvalue weighted by molar-refractivity contribution is 5.06. The number of hydrogen-bond donors (Lipinski definition) is 2. The highest BCUT2D eigenvalue weighted by Gasteiger charge is 2.57. The highest BCUT2D eigenvalue weighted by Crippen LogP contribution is 2.56. The summed E-state index contributed by atoms with van der Waals surface area (Å²) in [7, 11) is 0. The van der Waals surface area contributed by atoms with Gasteiger partial charge in [-0.15, -0.1) is 0 Å². The van der Waals surface area contributed by atoms with Gasteiger partial charge in [0.1, 0.15) is 0 Å². The molecular formula is C6H12N2O. The molecule has 0 spiro atoms. The molecule has 1 saturated heterocycles. The Kier molecular flexibility index (Phi) is 1.06. The van der Waals surface area contributed by atoms with Crippen LogP contribution in [0.5, 0.6) is 0 Å². The van der Waals surface area contributed by atoms with E-state index in [-0.39, 0.29) is 0 Å². The van der Waals surface area contributed by atoms with E-state index in [4.69, 9.17) is 10.6 Å². The van der Waals surface area contributed by atoms with Crippen LogP contribution < -0.4 is 11.3 Å². The lowest BCUT2D eigenvalue weighted by Gasteiger charge is -2.07. The number of nitrogens with two attached hydrogens (primary N) is 1. The summed E-state index contributed by atoms with van der Waals surface area (Å²) in [5.74, 6) is 6.03. The normalized spacial score (nSPS) is 47.0. The zero-order valence-corrected chi connectivity index (χ0v) is 5.39. The molecule has 2 aliphatic rings. The van der Waals surface area contributed by atoms with Crippen LogP contribution in [0.15, 0.2) is 0 Å². The molecule has 0 amide bonds. The molecule has 2 atom stereocenters. The van der Waals surface area contributed by atoms with Crippen LogP contribution in [-0.2, 0) is 4.74 Å². The van der Waals surface area contributed by atoms with Crippen molar-refractivity contribution in [3.8, 4) is 0 Å². The third-order valence-corrected chi connectivity index (χ3v) is 2.52. The van der Waals surface area contributed by atoms with Crippen LogP contribution in [0.25, 0.3) is 0 Å². The molecule has 2 rings (SSSR count). The van der Waals surface area contributed by atoms with E-state index in [0.717, 1.165) is 25.7 Å². The Labute approximate surface area is 54.5 Å². The maximum Gasteiger partial charge on any atom is 0.0538 e. The van der Waals surface area contributed by atoms with Gasteiger partial charge in [0, 0.05) is 12.0 Å². The second-order valence-electron chi connectivity index (χ2n) is 3.16. The number of ether oxygens (including phenoxy) is 1. The van der Waals surface area contributed by atoms with E-state index in [1.54, 1.807) is 0 Å². The molecule has 9 heavy (non-hydrogen) atoms. The van der Waals surface area contributed by atoms with Crippen LogP contribution in [-0.4, -0.2) is 19.8 Å². The highest BCUT2D eigenvalue weighted by atomic mass is 16.5. The summed E-state index contributed by atoms with van der Waals surface area (Å²) in [6.45, 7) is 2.81. The fourth-order valence-electron chi connectivity index (χ4n) is 1.72. The lowest BCUT2D eigenvalue weighted by Crippen LogP contribution is -2.31. The monoisotopic (exact) mass is 128 g/mol. The second-order valence-corrected chi connectivity index (χ2v) is 3.16.